The molecule has 1 heterocycles. The van der Waals surface area contributed by atoms with E-state index in [2.05, 4.69) is 28.9 Å². The van der Waals surface area contributed by atoms with E-state index < -0.39 is 0 Å². The van der Waals surface area contributed by atoms with E-state index in [9.17, 15) is 0 Å². The summed E-state index contributed by atoms with van der Waals surface area (Å²) in [6.07, 6.45) is 0. The second kappa shape index (κ2) is 4.79. The third kappa shape index (κ3) is 3.50. The van der Waals surface area contributed by atoms with Crippen LogP contribution in [-0.4, -0.2) is 44.1 Å². The zero-order valence-electron chi connectivity index (χ0n) is 8.12. The predicted molar refractivity (Wildman–Crippen MR) is 58.9 cm³/mol. The first-order valence-corrected chi connectivity index (χ1v) is 5.32. The van der Waals surface area contributed by atoms with Crippen molar-refractivity contribution in [3.05, 3.63) is 10.5 Å². The number of aromatic nitrogens is 1. The van der Waals surface area contributed by atoms with E-state index in [1.54, 1.807) is 11.3 Å². The summed E-state index contributed by atoms with van der Waals surface area (Å²) in [7, 11) is 6.14. The summed E-state index contributed by atoms with van der Waals surface area (Å²) in [6.45, 7) is 1.99. The van der Waals surface area contributed by atoms with Gasteiger partial charge < -0.3 is 9.80 Å². The second-order valence-electron chi connectivity index (χ2n) is 3.18. The zero-order valence-corrected chi connectivity index (χ0v) is 9.69. The van der Waals surface area contributed by atoms with Gasteiger partial charge in [0.1, 0.15) is 5.15 Å². The largest absolute Gasteiger partial charge is 0.350 e. The zero-order chi connectivity index (χ0) is 9.84. The average Bonchev–Trinajstić information content (AvgIpc) is 2.47. The molecule has 0 amide bonds. The first-order valence-electron chi connectivity index (χ1n) is 4.06. The highest BCUT2D eigenvalue weighted by atomic mass is 35.5. The fourth-order valence-electron chi connectivity index (χ4n) is 0.866. The van der Waals surface area contributed by atoms with E-state index in [0.29, 0.717) is 5.15 Å². The van der Waals surface area contributed by atoms with Crippen molar-refractivity contribution in [1.82, 2.24) is 9.88 Å². The van der Waals surface area contributed by atoms with E-state index in [0.717, 1.165) is 18.2 Å². The molecule has 1 aromatic rings. The number of anilines is 1. The Morgan fingerprint density at radius 1 is 1.38 bits per heavy atom. The van der Waals surface area contributed by atoms with Crippen LogP contribution in [0, 0.1) is 0 Å². The van der Waals surface area contributed by atoms with E-state index in [1.165, 1.54) is 0 Å². The predicted octanol–water partition coefficient (Wildman–Crippen LogP) is 1.79. The van der Waals surface area contributed by atoms with Crippen LogP contribution in [0.15, 0.2) is 5.38 Å². The van der Waals surface area contributed by atoms with E-state index in [-0.39, 0.29) is 0 Å². The van der Waals surface area contributed by atoms with Crippen LogP contribution in [0.4, 0.5) is 5.13 Å². The SMILES string of the molecule is CN(C)CCN(C)c1nc(Cl)cs1. The van der Waals surface area contributed by atoms with Gasteiger partial charge in [0.05, 0.1) is 0 Å². The Balaban J connectivity index is 2.44. The Morgan fingerprint density at radius 3 is 2.54 bits per heavy atom. The van der Waals surface area contributed by atoms with Gasteiger partial charge in [0.2, 0.25) is 0 Å². The monoisotopic (exact) mass is 219 g/mol. The van der Waals surface area contributed by atoms with Crippen molar-refractivity contribution in [2.24, 2.45) is 0 Å². The molecule has 0 atom stereocenters. The lowest BCUT2D eigenvalue weighted by Crippen LogP contribution is -2.28. The van der Waals surface area contributed by atoms with Crippen LogP contribution in [-0.2, 0) is 0 Å². The molecule has 13 heavy (non-hydrogen) atoms. The van der Waals surface area contributed by atoms with Crippen molar-refractivity contribution in [3.63, 3.8) is 0 Å². The topological polar surface area (TPSA) is 19.4 Å². The van der Waals surface area contributed by atoms with Crippen LogP contribution in [0.2, 0.25) is 5.15 Å². The molecule has 3 nitrogen and oxygen atoms in total. The minimum atomic E-state index is 0.580. The molecule has 0 aliphatic heterocycles. The Bertz CT molecular complexity index is 262. The Labute approximate surface area is 87.9 Å². The van der Waals surface area contributed by atoms with Crippen LogP contribution < -0.4 is 4.90 Å². The average molecular weight is 220 g/mol. The van der Waals surface area contributed by atoms with Gasteiger partial charge in [-0.1, -0.05) is 11.6 Å². The summed E-state index contributed by atoms with van der Waals surface area (Å²) >= 11 is 7.30. The molecule has 74 valence electrons. The molecule has 0 aliphatic rings. The highest BCUT2D eigenvalue weighted by molar-refractivity contribution is 7.14. The summed E-state index contributed by atoms with van der Waals surface area (Å²) in [5.41, 5.74) is 0. The quantitative estimate of drug-likeness (QED) is 0.770. The molecule has 5 heteroatoms. The first kappa shape index (κ1) is 10.8. The smallest absolute Gasteiger partial charge is 0.186 e. The number of thiazole rings is 1. The second-order valence-corrected chi connectivity index (χ2v) is 4.40. The number of rotatable bonds is 4. The molecule has 0 unspecified atom stereocenters. The maximum absolute atomic E-state index is 5.73. The maximum Gasteiger partial charge on any atom is 0.186 e. The van der Waals surface area contributed by atoms with Gasteiger partial charge in [-0.15, -0.1) is 11.3 Å². The molecule has 0 N–H and O–H groups in total. The van der Waals surface area contributed by atoms with Crippen molar-refractivity contribution < 1.29 is 0 Å². The molecule has 0 radical (unpaired) electrons. The number of hydrogen-bond donors (Lipinski definition) is 0. The number of nitrogens with zero attached hydrogens (tertiary/aromatic N) is 3. The molecular weight excluding hydrogens is 206 g/mol. The van der Waals surface area contributed by atoms with E-state index in [1.807, 2.05) is 12.4 Å². The number of halogens is 1. The lowest BCUT2D eigenvalue weighted by atomic mass is 10.5. The van der Waals surface area contributed by atoms with Gasteiger partial charge in [0.25, 0.3) is 0 Å². The van der Waals surface area contributed by atoms with Gasteiger partial charge in [-0.2, -0.15) is 0 Å². The molecule has 0 bridgehead atoms. The van der Waals surface area contributed by atoms with Crippen LogP contribution in [0.25, 0.3) is 0 Å². The molecule has 0 fully saturated rings. The van der Waals surface area contributed by atoms with E-state index >= 15 is 0 Å². The molecule has 1 aromatic heterocycles. The summed E-state index contributed by atoms with van der Waals surface area (Å²) in [6, 6.07) is 0. The Hall–Kier alpha value is -0.320. The van der Waals surface area contributed by atoms with Crippen molar-refractivity contribution >= 4 is 28.1 Å². The highest BCUT2D eigenvalue weighted by Crippen LogP contribution is 2.21. The third-order valence-corrected chi connectivity index (χ3v) is 2.95. The summed E-state index contributed by atoms with van der Waals surface area (Å²) in [5, 5.41) is 3.41. The van der Waals surface area contributed by atoms with Crippen LogP contribution in [0.1, 0.15) is 0 Å². The standard InChI is InChI=1S/C8H14ClN3S/c1-11(2)4-5-12(3)8-10-7(9)6-13-8/h6H,4-5H2,1-3H3. The third-order valence-electron chi connectivity index (χ3n) is 1.67. The van der Waals surface area contributed by atoms with Gasteiger partial charge in [-0.3, -0.25) is 0 Å². The summed E-state index contributed by atoms with van der Waals surface area (Å²) in [5.74, 6) is 0. The summed E-state index contributed by atoms with van der Waals surface area (Å²) in [4.78, 5) is 8.43. The van der Waals surface area contributed by atoms with Crippen LogP contribution >= 0.6 is 22.9 Å². The molecule has 0 aliphatic carbocycles. The maximum atomic E-state index is 5.73. The molecule has 0 spiro atoms. The molecular formula is C8H14ClN3S. The minimum absolute atomic E-state index is 0.580. The van der Waals surface area contributed by atoms with E-state index in [4.69, 9.17) is 11.6 Å². The first-order chi connectivity index (χ1) is 6.09. The van der Waals surface area contributed by atoms with Gasteiger partial charge in [-0.25, -0.2) is 4.98 Å². The van der Waals surface area contributed by atoms with Crippen molar-refractivity contribution in [3.8, 4) is 0 Å². The highest BCUT2D eigenvalue weighted by Gasteiger charge is 2.05. The van der Waals surface area contributed by atoms with Crippen molar-refractivity contribution in [1.29, 1.82) is 0 Å². The number of likely N-dealkylation sites (N-methyl/N-ethyl adjacent to an activating group) is 2. The summed E-state index contributed by atoms with van der Waals surface area (Å²) < 4.78 is 0. The van der Waals surface area contributed by atoms with Gasteiger partial charge in [-0.05, 0) is 14.1 Å². The Morgan fingerprint density at radius 2 is 2.08 bits per heavy atom. The minimum Gasteiger partial charge on any atom is -0.350 e. The van der Waals surface area contributed by atoms with Gasteiger partial charge in [0.15, 0.2) is 5.13 Å². The van der Waals surface area contributed by atoms with Crippen molar-refractivity contribution in [2.75, 3.05) is 39.1 Å². The molecule has 1 rings (SSSR count). The molecule has 0 saturated heterocycles. The molecule has 0 aromatic carbocycles. The number of hydrogen-bond acceptors (Lipinski definition) is 4. The van der Waals surface area contributed by atoms with Crippen LogP contribution in [0.3, 0.4) is 0 Å². The lowest BCUT2D eigenvalue weighted by Gasteiger charge is -2.18. The van der Waals surface area contributed by atoms with Crippen LogP contribution in [0.5, 0.6) is 0 Å². The van der Waals surface area contributed by atoms with Gasteiger partial charge in [0, 0.05) is 25.5 Å². The Kier molecular flexibility index (Phi) is 3.96. The fourth-order valence-corrected chi connectivity index (χ4v) is 1.81. The normalized spacial score (nSPS) is 10.8. The van der Waals surface area contributed by atoms with Gasteiger partial charge >= 0.3 is 0 Å². The fraction of sp³-hybridized carbons (Fsp3) is 0.625. The lowest BCUT2D eigenvalue weighted by molar-refractivity contribution is 0.416. The van der Waals surface area contributed by atoms with Crippen molar-refractivity contribution in [2.45, 2.75) is 0 Å². The molecule has 0 saturated carbocycles.